The van der Waals surface area contributed by atoms with Crippen molar-refractivity contribution in [3.63, 3.8) is 0 Å². The van der Waals surface area contributed by atoms with Crippen LogP contribution < -0.4 is 4.90 Å². The predicted octanol–water partition coefficient (Wildman–Crippen LogP) is 7.07. The number of rotatable bonds is 5. The molecule has 0 fully saturated rings. The fraction of sp³-hybridized carbons (Fsp3) is 0.0800. The van der Waals surface area contributed by atoms with Crippen LogP contribution in [0.1, 0.15) is 11.1 Å². The van der Waals surface area contributed by atoms with E-state index in [0.29, 0.717) is 38.8 Å². The van der Waals surface area contributed by atoms with Crippen LogP contribution in [-0.2, 0) is 0 Å². The van der Waals surface area contributed by atoms with Gasteiger partial charge in [0.1, 0.15) is 17.5 Å². The SMILES string of the molecule is CN(C)c1nc(-c2ccc(Cl)cc2)c(N=Nc2ccc(C#N)cc2C#N)n1-c1ccc(Cl)cc1. The molecule has 0 bridgehead atoms. The van der Waals surface area contributed by atoms with E-state index in [-0.39, 0.29) is 5.56 Å². The lowest BCUT2D eigenvalue weighted by Crippen LogP contribution is -2.14. The average Bonchev–Trinajstić information content (AvgIpc) is 3.23. The maximum atomic E-state index is 9.52. The molecule has 7 nitrogen and oxygen atoms in total. The highest BCUT2D eigenvalue weighted by molar-refractivity contribution is 6.30. The first-order valence-electron chi connectivity index (χ1n) is 10.1. The minimum atomic E-state index is 0.251. The van der Waals surface area contributed by atoms with Gasteiger partial charge in [-0.2, -0.15) is 10.5 Å². The van der Waals surface area contributed by atoms with E-state index in [1.165, 1.54) is 6.07 Å². The standard InChI is InChI=1S/C25H17Cl2N7/c1-33(2)25-30-23(17-4-6-19(26)7-5-17)24(34(25)21-10-8-20(27)9-11-21)32-31-22-12-3-16(14-28)13-18(22)15-29/h3-13H,1-2H3. The first-order chi connectivity index (χ1) is 16.4. The predicted molar refractivity (Wildman–Crippen MR) is 133 cm³/mol. The molecular weight excluding hydrogens is 469 g/mol. The number of nitriles is 2. The Kier molecular flexibility index (Phi) is 6.60. The highest BCUT2D eigenvalue weighted by atomic mass is 35.5. The fourth-order valence-corrected chi connectivity index (χ4v) is 3.56. The van der Waals surface area contributed by atoms with Crippen LogP contribution in [0.2, 0.25) is 10.0 Å². The lowest BCUT2D eigenvalue weighted by Gasteiger charge is -2.15. The summed E-state index contributed by atoms with van der Waals surface area (Å²) in [4.78, 5) is 6.71. The van der Waals surface area contributed by atoms with E-state index in [2.05, 4.69) is 16.3 Å². The normalized spacial score (nSPS) is 10.8. The molecule has 9 heteroatoms. The molecule has 0 spiro atoms. The first-order valence-corrected chi connectivity index (χ1v) is 10.8. The Morgan fingerprint density at radius 2 is 1.50 bits per heavy atom. The van der Waals surface area contributed by atoms with Gasteiger partial charge in [0.15, 0.2) is 5.82 Å². The molecule has 0 N–H and O–H groups in total. The average molecular weight is 486 g/mol. The van der Waals surface area contributed by atoms with Crippen LogP contribution in [0.15, 0.2) is 77.0 Å². The molecule has 0 amide bonds. The van der Waals surface area contributed by atoms with Crippen molar-refractivity contribution < 1.29 is 0 Å². The molecule has 1 aromatic heterocycles. The van der Waals surface area contributed by atoms with Crippen molar-refractivity contribution in [1.82, 2.24) is 9.55 Å². The van der Waals surface area contributed by atoms with Crippen LogP contribution in [0.4, 0.5) is 17.5 Å². The fourth-order valence-electron chi connectivity index (χ4n) is 3.31. The summed E-state index contributed by atoms with van der Waals surface area (Å²) >= 11 is 12.2. The van der Waals surface area contributed by atoms with Crippen molar-refractivity contribution in [2.75, 3.05) is 19.0 Å². The van der Waals surface area contributed by atoms with E-state index in [0.717, 1.165) is 11.3 Å². The van der Waals surface area contributed by atoms with Crippen LogP contribution in [0.25, 0.3) is 16.9 Å². The van der Waals surface area contributed by atoms with E-state index in [1.807, 2.05) is 53.9 Å². The van der Waals surface area contributed by atoms with Crippen molar-refractivity contribution in [3.05, 3.63) is 87.9 Å². The second-order valence-electron chi connectivity index (χ2n) is 7.45. The molecule has 0 aliphatic rings. The van der Waals surface area contributed by atoms with Gasteiger partial charge >= 0.3 is 0 Å². The summed E-state index contributed by atoms with van der Waals surface area (Å²) in [5.74, 6) is 1.09. The first kappa shape index (κ1) is 23.0. The van der Waals surface area contributed by atoms with Gasteiger partial charge < -0.3 is 4.90 Å². The largest absolute Gasteiger partial charge is 0.348 e. The number of hydrogen-bond donors (Lipinski definition) is 0. The zero-order valence-electron chi connectivity index (χ0n) is 18.2. The summed E-state index contributed by atoms with van der Waals surface area (Å²) in [6.07, 6.45) is 0. The molecule has 4 rings (SSSR count). The minimum absolute atomic E-state index is 0.251. The Morgan fingerprint density at radius 1 is 0.853 bits per heavy atom. The Labute approximate surface area is 206 Å². The topological polar surface area (TPSA) is 93.4 Å². The molecule has 34 heavy (non-hydrogen) atoms. The zero-order valence-corrected chi connectivity index (χ0v) is 19.7. The van der Waals surface area contributed by atoms with Gasteiger partial charge in [0.05, 0.1) is 22.9 Å². The lowest BCUT2D eigenvalue weighted by molar-refractivity contribution is 0.944. The summed E-state index contributed by atoms with van der Waals surface area (Å²) in [6, 6.07) is 23.3. The van der Waals surface area contributed by atoms with Gasteiger partial charge in [0, 0.05) is 29.7 Å². The maximum Gasteiger partial charge on any atom is 0.212 e. The molecule has 166 valence electrons. The third-order valence-electron chi connectivity index (χ3n) is 4.94. The number of anilines is 1. The molecule has 0 radical (unpaired) electrons. The number of azo groups is 1. The number of halogens is 2. The van der Waals surface area contributed by atoms with Gasteiger partial charge in [0.2, 0.25) is 5.95 Å². The van der Waals surface area contributed by atoms with Crippen molar-refractivity contribution in [2.24, 2.45) is 10.2 Å². The monoisotopic (exact) mass is 485 g/mol. The molecule has 4 aromatic rings. The Hall–Kier alpha value is -4.17. The third-order valence-corrected chi connectivity index (χ3v) is 5.44. The van der Waals surface area contributed by atoms with Crippen molar-refractivity contribution in [1.29, 1.82) is 10.5 Å². The van der Waals surface area contributed by atoms with Crippen LogP contribution in [-0.4, -0.2) is 23.6 Å². The van der Waals surface area contributed by atoms with Crippen LogP contribution in [0.5, 0.6) is 0 Å². The van der Waals surface area contributed by atoms with E-state index in [1.54, 1.807) is 36.4 Å². The van der Waals surface area contributed by atoms with Gasteiger partial charge in [0.25, 0.3) is 0 Å². The zero-order chi connectivity index (χ0) is 24.2. The Bertz CT molecular complexity index is 1460. The second-order valence-corrected chi connectivity index (χ2v) is 8.33. The number of aromatic nitrogens is 2. The van der Waals surface area contributed by atoms with Gasteiger partial charge in [-0.05, 0) is 54.6 Å². The lowest BCUT2D eigenvalue weighted by atomic mass is 10.1. The molecule has 0 unspecified atom stereocenters. The van der Waals surface area contributed by atoms with Crippen molar-refractivity contribution in [3.8, 4) is 29.1 Å². The van der Waals surface area contributed by atoms with E-state index < -0.39 is 0 Å². The number of imidazole rings is 1. The number of benzene rings is 3. The van der Waals surface area contributed by atoms with Gasteiger partial charge in [-0.3, -0.25) is 4.57 Å². The smallest absolute Gasteiger partial charge is 0.212 e. The molecule has 3 aromatic carbocycles. The van der Waals surface area contributed by atoms with Crippen LogP contribution in [0, 0.1) is 22.7 Å². The molecule has 0 aliphatic carbocycles. The van der Waals surface area contributed by atoms with E-state index in [9.17, 15) is 5.26 Å². The summed E-state index contributed by atoms with van der Waals surface area (Å²) in [5.41, 5.74) is 3.15. The number of nitrogens with zero attached hydrogens (tertiary/aromatic N) is 7. The van der Waals surface area contributed by atoms with Crippen LogP contribution >= 0.6 is 23.2 Å². The van der Waals surface area contributed by atoms with E-state index in [4.69, 9.17) is 33.4 Å². The summed E-state index contributed by atoms with van der Waals surface area (Å²) < 4.78 is 1.86. The second kappa shape index (κ2) is 9.76. The van der Waals surface area contributed by atoms with Crippen molar-refractivity contribution in [2.45, 2.75) is 0 Å². The minimum Gasteiger partial charge on any atom is -0.348 e. The molecular formula is C25H17Cl2N7. The van der Waals surface area contributed by atoms with Gasteiger partial charge in [-0.25, -0.2) is 4.98 Å². The van der Waals surface area contributed by atoms with E-state index >= 15 is 0 Å². The summed E-state index contributed by atoms with van der Waals surface area (Å²) in [7, 11) is 3.77. The highest BCUT2D eigenvalue weighted by Crippen LogP contribution is 2.38. The maximum absolute atomic E-state index is 9.52. The Balaban J connectivity index is 1.96. The molecule has 0 atom stereocenters. The van der Waals surface area contributed by atoms with Gasteiger partial charge in [-0.15, -0.1) is 10.2 Å². The Morgan fingerprint density at radius 3 is 2.09 bits per heavy atom. The molecule has 0 saturated carbocycles. The van der Waals surface area contributed by atoms with Crippen molar-refractivity contribution >= 4 is 40.7 Å². The highest BCUT2D eigenvalue weighted by Gasteiger charge is 2.21. The van der Waals surface area contributed by atoms with Crippen LogP contribution in [0.3, 0.4) is 0 Å². The molecule has 1 heterocycles. The molecule has 0 aliphatic heterocycles. The quantitative estimate of drug-likeness (QED) is 0.282. The van der Waals surface area contributed by atoms with Gasteiger partial charge in [-0.1, -0.05) is 35.3 Å². The molecule has 0 saturated heterocycles. The summed E-state index contributed by atoms with van der Waals surface area (Å²) in [6.45, 7) is 0. The third kappa shape index (κ3) is 4.62. The number of hydrogen-bond acceptors (Lipinski definition) is 6. The summed E-state index contributed by atoms with van der Waals surface area (Å²) in [5, 5.41) is 28.8.